The Hall–Kier alpha value is -1.90. The van der Waals surface area contributed by atoms with Crippen molar-refractivity contribution in [3.05, 3.63) is 47.3 Å². The smallest absolute Gasteiger partial charge is 0.253 e. The number of nitrogens with one attached hydrogen (secondary N) is 1. The molecule has 1 N–H and O–H groups in total. The quantitative estimate of drug-likeness (QED) is 0.285. The first-order valence-corrected chi connectivity index (χ1v) is 14.4. The number of hydrogen-bond donors (Lipinski definition) is 1. The molecular weight excluding hydrogens is 539 g/mol. The summed E-state index contributed by atoms with van der Waals surface area (Å²) >= 11 is 1.73. The predicted octanol–water partition coefficient (Wildman–Crippen LogP) is 6.74. The number of hydrogen-bond acceptors (Lipinski definition) is 6. The highest BCUT2D eigenvalue weighted by atomic mass is 35.5. The van der Waals surface area contributed by atoms with E-state index in [1.807, 2.05) is 43.0 Å². The SMILES string of the molecule is CCN(CC)C(=O)c1ccc(-c2cc(NCCCN3CCC4(CCCO4)CC3)c3sccc3n2)cc1.Cl.Cl. The zero-order valence-electron chi connectivity index (χ0n) is 22.4. The van der Waals surface area contributed by atoms with Gasteiger partial charge >= 0.3 is 0 Å². The number of nitrogens with zero attached hydrogens (tertiary/aromatic N) is 3. The zero-order valence-corrected chi connectivity index (χ0v) is 24.9. The van der Waals surface area contributed by atoms with Gasteiger partial charge in [0.05, 0.1) is 27.2 Å². The highest BCUT2D eigenvalue weighted by Gasteiger charge is 2.37. The Bertz CT molecular complexity index is 1170. The molecule has 2 aromatic heterocycles. The second-order valence-electron chi connectivity index (χ2n) is 10.0. The highest BCUT2D eigenvalue weighted by molar-refractivity contribution is 7.17. The average Bonchev–Trinajstić information content (AvgIpc) is 3.58. The number of halogens is 2. The number of likely N-dealkylation sites (tertiary alicyclic amines) is 1. The van der Waals surface area contributed by atoms with E-state index in [9.17, 15) is 4.79 Å². The Labute approximate surface area is 243 Å². The molecule has 1 aromatic carbocycles. The summed E-state index contributed by atoms with van der Waals surface area (Å²) in [5.41, 5.74) is 5.04. The summed E-state index contributed by atoms with van der Waals surface area (Å²) in [6.07, 6.45) is 5.96. The lowest BCUT2D eigenvalue weighted by atomic mass is 9.88. The first-order valence-electron chi connectivity index (χ1n) is 13.5. The number of piperidine rings is 1. The summed E-state index contributed by atoms with van der Waals surface area (Å²) in [4.78, 5) is 22.0. The zero-order chi connectivity index (χ0) is 25.0. The monoisotopic (exact) mass is 578 g/mol. The standard InChI is InChI=1S/C29H38N4O2S.2ClH/c1-3-33(4-2)28(34)23-9-7-22(8-10-23)25-21-26(27-24(31-25)11-20-36-27)30-15-6-16-32-17-13-29(14-18-32)12-5-19-35-29;;/h7-11,20-21H,3-6,12-19H2,1-2H3,(H,30,31);2*1H. The van der Waals surface area contributed by atoms with Crippen molar-refractivity contribution in [1.82, 2.24) is 14.8 Å². The molecule has 38 heavy (non-hydrogen) atoms. The number of aromatic nitrogens is 1. The van der Waals surface area contributed by atoms with Crippen LogP contribution in [0.2, 0.25) is 0 Å². The van der Waals surface area contributed by atoms with Crippen molar-refractivity contribution < 1.29 is 9.53 Å². The maximum atomic E-state index is 12.7. The van der Waals surface area contributed by atoms with Crippen molar-refractivity contribution in [1.29, 1.82) is 0 Å². The van der Waals surface area contributed by atoms with Gasteiger partial charge in [-0.1, -0.05) is 12.1 Å². The van der Waals surface area contributed by atoms with Crippen molar-refractivity contribution in [3.8, 4) is 11.3 Å². The Morgan fingerprint density at radius 3 is 2.50 bits per heavy atom. The fraction of sp³-hybridized carbons (Fsp3) is 0.517. The van der Waals surface area contributed by atoms with E-state index < -0.39 is 0 Å². The molecule has 0 aliphatic carbocycles. The number of anilines is 1. The summed E-state index contributed by atoms with van der Waals surface area (Å²) in [6.45, 7) is 10.8. The van der Waals surface area contributed by atoms with Gasteiger partial charge in [-0.3, -0.25) is 4.79 Å². The first-order chi connectivity index (χ1) is 17.6. The molecule has 0 saturated carbocycles. The summed E-state index contributed by atoms with van der Waals surface area (Å²) in [7, 11) is 0. The number of benzene rings is 1. The van der Waals surface area contributed by atoms with Gasteiger partial charge in [-0.25, -0.2) is 4.98 Å². The molecule has 9 heteroatoms. The van der Waals surface area contributed by atoms with Gasteiger partial charge in [0.25, 0.3) is 5.91 Å². The van der Waals surface area contributed by atoms with Gasteiger partial charge in [0.15, 0.2) is 0 Å². The van der Waals surface area contributed by atoms with Crippen LogP contribution in [0.1, 0.15) is 56.3 Å². The van der Waals surface area contributed by atoms with Crippen LogP contribution in [-0.2, 0) is 4.74 Å². The molecule has 1 amide bonds. The van der Waals surface area contributed by atoms with E-state index in [-0.39, 0.29) is 36.3 Å². The fourth-order valence-corrected chi connectivity index (χ4v) is 6.40. The summed E-state index contributed by atoms with van der Waals surface area (Å²) in [6, 6.07) is 12.1. The largest absolute Gasteiger partial charge is 0.384 e. The Morgan fingerprint density at radius 1 is 1.11 bits per heavy atom. The van der Waals surface area contributed by atoms with Gasteiger partial charge < -0.3 is 19.9 Å². The number of pyridine rings is 1. The Kier molecular flexibility index (Phi) is 11.2. The number of carbonyl (C=O) groups is 1. The van der Waals surface area contributed by atoms with E-state index in [4.69, 9.17) is 9.72 Å². The molecule has 6 nitrogen and oxygen atoms in total. The minimum Gasteiger partial charge on any atom is -0.384 e. The van der Waals surface area contributed by atoms with Crippen LogP contribution in [0.15, 0.2) is 41.8 Å². The van der Waals surface area contributed by atoms with Crippen LogP contribution in [0.5, 0.6) is 0 Å². The topological polar surface area (TPSA) is 57.7 Å². The van der Waals surface area contributed by atoms with Gasteiger partial charge in [-0.05, 0) is 82.1 Å². The van der Waals surface area contributed by atoms with E-state index in [0.29, 0.717) is 0 Å². The van der Waals surface area contributed by atoms with Crippen molar-refractivity contribution in [2.75, 3.05) is 51.2 Å². The van der Waals surface area contributed by atoms with Gasteiger partial charge in [0, 0.05) is 50.5 Å². The summed E-state index contributed by atoms with van der Waals surface area (Å²) in [5, 5.41) is 5.79. The van der Waals surface area contributed by atoms with Crippen molar-refractivity contribution in [2.45, 2.75) is 51.6 Å². The molecule has 0 atom stereocenters. The highest BCUT2D eigenvalue weighted by Crippen LogP contribution is 2.36. The third kappa shape index (κ3) is 6.80. The van der Waals surface area contributed by atoms with Crippen molar-refractivity contribution in [3.63, 3.8) is 0 Å². The van der Waals surface area contributed by atoms with E-state index in [2.05, 4.69) is 27.7 Å². The van der Waals surface area contributed by atoms with Crippen LogP contribution in [0, 0.1) is 0 Å². The van der Waals surface area contributed by atoms with Crippen LogP contribution >= 0.6 is 36.2 Å². The molecule has 2 saturated heterocycles. The molecule has 0 unspecified atom stereocenters. The molecule has 0 radical (unpaired) electrons. The van der Waals surface area contributed by atoms with Crippen LogP contribution < -0.4 is 5.32 Å². The molecule has 3 aromatic rings. The minimum atomic E-state index is 0. The van der Waals surface area contributed by atoms with Gasteiger partial charge in [-0.15, -0.1) is 36.2 Å². The second-order valence-corrected chi connectivity index (χ2v) is 10.9. The maximum absolute atomic E-state index is 12.7. The molecule has 2 fully saturated rings. The number of carbonyl (C=O) groups excluding carboxylic acids is 1. The van der Waals surface area contributed by atoms with E-state index in [1.54, 1.807) is 11.3 Å². The second kappa shape index (κ2) is 13.9. The molecule has 4 heterocycles. The van der Waals surface area contributed by atoms with Crippen molar-refractivity contribution in [2.24, 2.45) is 0 Å². The Balaban J connectivity index is 0.00000200. The number of thiophene rings is 1. The van der Waals surface area contributed by atoms with Crippen LogP contribution in [-0.4, -0.2) is 72.2 Å². The van der Waals surface area contributed by atoms with E-state index >= 15 is 0 Å². The summed E-state index contributed by atoms with van der Waals surface area (Å²) in [5.74, 6) is 0.0785. The third-order valence-corrected chi connectivity index (χ3v) is 8.75. The molecular formula is C29H40Cl2N4O2S. The number of ether oxygens (including phenoxy) is 1. The van der Waals surface area contributed by atoms with Crippen LogP contribution in [0.4, 0.5) is 5.69 Å². The molecule has 2 aliphatic heterocycles. The fourth-order valence-electron chi connectivity index (χ4n) is 5.57. The van der Waals surface area contributed by atoms with Gasteiger partial charge in [0.2, 0.25) is 0 Å². The van der Waals surface area contributed by atoms with Crippen LogP contribution in [0.3, 0.4) is 0 Å². The van der Waals surface area contributed by atoms with E-state index in [1.165, 1.54) is 30.4 Å². The lowest BCUT2D eigenvalue weighted by Gasteiger charge is -2.38. The summed E-state index contributed by atoms with van der Waals surface area (Å²) < 4.78 is 7.27. The molecule has 0 bridgehead atoms. The molecule has 5 rings (SSSR count). The predicted molar refractivity (Wildman–Crippen MR) is 164 cm³/mol. The first kappa shape index (κ1) is 30.6. The molecule has 2 aliphatic rings. The lowest BCUT2D eigenvalue weighted by molar-refractivity contribution is -0.0432. The van der Waals surface area contributed by atoms with Gasteiger partial charge in [0.1, 0.15) is 0 Å². The van der Waals surface area contributed by atoms with Gasteiger partial charge in [-0.2, -0.15) is 0 Å². The Morgan fingerprint density at radius 2 is 1.84 bits per heavy atom. The third-order valence-electron chi connectivity index (χ3n) is 7.81. The normalized spacial score (nSPS) is 16.7. The maximum Gasteiger partial charge on any atom is 0.253 e. The van der Waals surface area contributed by atoms with E-state index in [0.717, 1.165) is 80.3 Å². The minimum absolute atomic E-state index is 0. The molecule has 1 spiro atoms. The van der Waals surface area contributed by atoms with Crippen LogP contribution in [0.25, 0.3) is 21.5 Å². The molecule has 208 valence electrons. The lowest BCUT2D eigenvalue weighted by Crippen LogP contribution is -2.44. The number of fused-ring (bicyclic) bond motifs is 1. The number of amides is 1. The van der Waals surface area contributed by atoms with Crippen molar-refractivity contribution >= 4 is 58.0 Å². The number of rotatable bonds is 9. The average molecular weight is 580 g/mol.